The van der Waals surface area contributed by atoms with Gasteiger partial charge in [-0.1, -0.05) is 0 Å². The van der Waals surface area contributed by atoms with Gasteiger partial charge in [-0.05, 0) is 58.7 Å². The number of piperidine rings is 1. The summed E-state index contributed by atoms with van der Waals surface area (Å²) >= 11 is 0. The zero-order chi connectivity index (χ0) is 17.1. The second kappa shape index (κ2) is 5.38. The van der Waals surface area contributed by atoms with E-state index >= 15 is 0 Å². The predicted octanol–water partition coefficient (Wildman–Crippen LogP) is 2.46. The maximum absolute atomic E-state index is 12.8. The largest absolute Gasteiger partial charge is 0.508 e. The number of phenols is 1. The Morgan fingerprint density at radius 1 is 1.29 bits per heavy atom. The molecule has 4 rings (SSSR count). The van der Waals surface area contributed by atoms with E-state index in [0.717, 1.165) is 18.4 Å². The Labute approximate surface area is 143 Å². The first-order chi connectivity index (χ1) is 11.3. The third-order valence-corrected chi connectivity index (χ3v) is 5.82. The Kier molecular flexibility index (Phi) is 3.53. The molecule has 3 aliphatic rings. The fourth-order valence-corrected chi connectivity index (χ4v) is 4.66. The van der Waals surface area contributed by atoms with Crippen molar-refractivity contribution in [2.24, 2.45) is 0 Å². The van der Waals surface area contributed by atoms with Gasteiger partial charge in [-0.3, -0.25) is 4.79 Å². The molecule has 0 spiro atoms. The molecule has 3 aliphatic heterocycles. The van der Waals surface area contributed by atoms with E-state index < -0.39 is 0 Å². The molecule has 24 heavy (non-hydrogen) atoms. The van der Waals surface area contributed by atoms with Gasteiger partial charge in [-0.15, -0.1) is 0 Å². The van der Waals surface area contributed by atoms with Gasteiger partial charge in [-0.2, -0.15) is 0 Å². The summed E-state index contributed by atoms with van der Waals surface area (Å²) in [5, 5.41) is 13.2. The van der Waals surface area contributed by atoms with E-state index in [1.807, 2.05) is 13.8 Å². The molecule has 0 aromatic heterocycles. The third-order valence-electron chi connectivity index (χ3n) is 5.82. The Bertz CT molecular complexity index is 671. The molecule has 1 unspecified atom stereocenters. The van der Waals surface area contributed by atoms with Crippen LogP contribution >= 0.6 is 0 Å². The topological polar surface area (TPSA) is 61.8 Å². The number of nitrogens with zero attached hydrogens (tertiary/aromatic N) is 1. The van der Waals surface area contributed by atoms with Crippen molar-refractivity contribution in [1.82, 2.24) is 10.2 Å². The lowest BCUT2D eigenvalue weighted by atomic mass is 9.97. The van der Waals surface area contributed by atoms with E-state index in [9.17, 15) is 9.90 Å². The van der Waals surface area contributed by atoms with Gasteiger partial charge in [0.15, 0.2) is 0 Å². The van der Waals surface area contributed by atoms with Gasteiger partial charge < -0.3 is 20.1 Å². The van der Waals surface area contributed by atoms with Crippen LogP contribution in [0.4, 0.5) is 0 Å². The van der Waals surface area contributed by atoms with E-state index in [2.05, 4.69) is 17.3 Å². The average Bonchev–Trinajstić information content (AvgIpc) is 2.88. The van der Waals surface area contributed by atoms with Gasteiger partial charge in [0.25, 0.3) is 5.91 Å². The van der Waals surface area contributed by atoms with Crippen LogP contribution in [0.25, 0.3) is 0 Å². The Balaban J connectivity index is 1.54. The van der Waals surface area contributed by atoms with E-state index in [1.165, 1.54) is 18.9 Å². The molecule has 2 bridgehead atoms. The molecule has 2 fully saturated rings. The molecule has 5 nitrogen and oxygen atoms in total. The van der Waals surface area contributed by atoms with Crippen molar-refractivity contribution in [3.05, 3.63) is 23.3 Å². The van der Waals surface area contributed by atoms with Crippen LogP contribution in [0, 0.1) is 0 Å². The lowest BCUT2D eigenvalue weighted by Crippen LogP contribution is -2.48. The predicted molar refractivity (Wildman–Crippen MR) is 91.6 cm³/mol. The van der Waals surface area contributed by atoms with Crippen LogP contribution in [0.5, 0.6) is 11.5 Å². The highest BCUT2D eigenvalue weighted by Gasteiger charge is 2.40. The molecule has 2 N–H and O–H groups in total. The first-order valence-electron chi connectivity index (χ1n) is 8.90. The van der Waals surface area contributed by atoms with Crippen molar-refractivity contribution in [2.75, 3.05) is 7.05 Å². The van der Waals surface area contributed by atoms with Crippen LogP contribution in [0.3, 0.4) is 0 Å². The first-order valence-corrected chi connectivity index (χ1v) is 8.90. The zero-order valence-electron chi connectivity index (χ0n) is 14.6. The number of nitrogens with one attached hydrogen (secondary N) is 1. The van der Waals surface area contributed by atoms with Gasteiger partial charge >= 0.3 is 0 Å². The molecule has 1 aromatic rings. The number of carbonyl (C=O) groups excluding carboxylic acids is 1. The van der Waals surface area contributed by atoms with Crippen molar-refractivity contribution in [2.45, 2.75) is 69.7 Å². The van der Waals surface area contributed by atoms with Gasteiger partial charge in [-0.25, -0.2) is 0 Å². The number of phenolic OH excluding ortho intramolecular Hbond substituents is 1. The maximum Gasteiger partial charge on any atom is 0.255 e. The molecular formula is C19H26N2O3. The Morgan fingerprint density at radius 2 is 1.96 bits per heavy atom. The number of benzene rings is 1. The van der Waals surface area contributed by atoms with Crippen LogP contribution in [0.15, 0.2) is 12.1 Å². The van der Waals surface area contributed by atoms with Gasteiger partial charge in [0, 0.05) is 30.1 Å². The number of hydrogen-bond acceptors (Lipinski definition) is 4. The number of hydrogen-bond donors (Lipinski definition) is 2. The highest BCUT2D eigenvalue weighted by atomic mass is 16.5. The third kappa shape index (κ3) is 2.65. The highest BCUT2D eigenvalue weighted by Crippen LogP contribution is 2.40. The van der Waals surface area contributed by atoms with Crippen molar-refractivity contribution in [3.63, 3.8) is 0 Å². The molecule has 0 saturated carbocycles. The van der Waals surface area contributed by atoms with Gasteiger partial charge in [0.1, 0.15) is 17.1 Å². The number of fused-ring (bicyclic) bond motifs is 3. The van der Waals surface area contributed by atoms with Gasteiger partial charge in [0.05, 0.1) is 5.56 Å². The zero-order valence-corrected chi connectivity index (χ0v) is 14.6. The van der Waals surface area contributed by atoms with E-state index in [1.54, 1.807) is 6.07 Å². The first kappa shape index (κ1) is 15.8. The van der Waals surface area contributed by atoms with Gasteiger partial charge in [0.2, 0.25) is 0 Å². The average molecular weight is 330 g/mol. The highest BCUT2D eigenvalue weighted by molar-refractivity contribution is 5.98. The molecule has 1 aromatic carbocycles. The van der Waals surface area contributed by atoms with Crippen molar-refractivity contribution >= 4 is 5.91 Å². The lowest BCUT2D eigenvalue weighted by molar-refractivity contribution is 0.0870. The lowest BCUT2D eigenvalue weighted by Gasteiger charge is -2.36. The van der Waals surface area contributed by atoms with Crippen LogP contribution in [0.2, 0.25) is 0 Å². The van der Waals surface area contributed by atoms with Crippen molar-refractivity contribution in [3.8, 4) is 11.5 Å². The smallest absolute Gasteiger partial charge is 0.255 e. The van der Waals surface area contributed by atoms with Crippen LogP contribution in [0.1, 0.15) is 55.5 Å². The van der Waals surface area contributed by atoms with Crippen molar-refractivity contribution in [1.29, 1.82) is 0 Å². The van der Waals surface area contributed by atoms with E-state index in [0.29, 0.717) is 29.8 Å². The van der Waals surface area contributed by atoms with E-state index in [-0.39, 0.29) is 23.3 Å². The fraction of sp³-hybridized carbons (Fsp3) is 0.632. The fourth-order valence-electron chi connectivity index (χ4n) is 4.66. The number of rotatable bonds is 2. The van der Waals surface area contributed by atoms with Crippen LogP contribution in [-0.2, 0) is 6.42 Å². The SMILES string of the molecule is CN1[C@@H]2CC[C@H]1CC(NC(=O)c1cc(O)cc3c1OC(C)(C)C3)C2. The maximum atomic E-state index is 12.8. The molecular weight excluding hydrogens is 304 g/mol. The second-order valence-electron chi connectivity index (χ2n) is 8.21. The normalized spacial score (nSPS) is 30.7. The summed E-state index contributed by atoms with van der Waals surface area (Å²) in [6.45, 7) is 4.00. The molecule has 0 radical (unpaired) electrons. The molecule has 3 heterocycles. The Morgan fingerprint density at radius 3 is 2.62 bits per heavy atom. The number of ether oxygens (including phenoxy) is 1. The molecule has 2 saturated heterocycles. The summed E-state index contributed by atoms with van der Waals surface area (Å²) < 4.78 is 5.98. The summed E-state index contributed by atoms with van der Waals surface area (Å²) in [7, 11) is 2.19. The van der Waals surface area contributed by atoms with Crippen molar-refractivity contribution < 1.29 is 14.6 Å². The number of carbonyl (C=O) groups is 1. The minimum Gasteiger partial charge on any atom is -0.508 e. The monoisotopic (exact) mass is 330 g/mol. The number of amides is 1. The second-order valence-corrected chi connectivity index (χ2v) is 8.21. The number of aromatic hydroxyl groups is 1. The summed E-state index contributed by atoms with van der Waals surface area (Å²) in [4.78, 5) is 15.3. The summed E-state index contributed by atoms with van der Waals surface area (Å²) in [6.07, 6.45) is 5.17. The molecule has 1 amide bonds. The minimum atomic E-state index is -0.336. The molecule has 5 heteroatoms. The summed E-state index contributed by atoms with van der Waals surface area (Å²) in [5.41, 5.74) is 1.04. The van der Waals surface area contributed by atoms with E-state index in [4.69, 9.17) is 4.74 Å². The molecule has 0 aliphatic carbocycles. The molecule has 3 atom stereocenters. The van der Waals surface area contributed by atoms with Crippen LogP contribution < -0.4 is 10.1 Å². The molecule has 130 valence electrons. The summed E-state index contributed by atoms with van der Waals surface area (Å²) in [6, 6.07) is 4.60. The Hall–Kier alpha value is -1.75. The standard InChI is InChI=1S/C19H26N2O3/c1-19(2)10-11-6-15(22)9-16(17(11)24-19)18(23)20-12-7-13-4-5-14(8-12)21(13)3/h6,9,12-14,22H,4-5,7-8,10H2,1-3H3,(H,20,23)/t12?,13-,14+. The van der Waals surface area contributed by atoms with Crippen LogP contribution in [-0.4, -0.2) is 46.7 Å². The quantitative estimate of drug-likeness (QED) is 0.874. The minimum absolute atomic E-state index is 0.128. The summed E-state index contributed by atoms with van der Waals surface area (Å²) in [5.74, 6) is 0.628.